The van der Waals surface area contributed by atoms with Crippen LogP contribution >= 0.6 is 11.8 Å². The molecule has 164 valence electrons. The molecule has 0 bridgehead atoms. The molecule has 1 N–H and O–H groups in total. The molecular formula is C26H42O2S. The van der Waals surface area contributed by atoms with E-state index < -0.39 is 0 Å². The Bertz CT molecular complexity index is 657. The Balaban J connectivity index is 1.48. The Hall–Kier alpha value is -0.280. The first-order valence-electron chi connectivity index (χ1n) is 12.3. The molecule has 4 rings (SSSR count). The molecule has 3 saturated carbocycles. The number of allylic oxidation sites excluding steroid dienone is 1. The number of thioether (sulfide) groups is 1. The molecule has 29 heavy (non-hydrogen) atoms. The van der Waals surface area contributed by atoms with E-state index in [1.165, 1.54) is 50.3 Å². The molecule has 0 aromatic heterocycles. The lowest BCUT2D eigenvalue weighted by Crippen LogP contribution is -2.50. The van der Waals surface area contributed by atoms with Crippen LogP contribution in [0.15, 0.2) is 11.6 Å². The van der Waals surface area contributed by atoms with Crippen molar-refractivity contribution in [3.8, 4) is 0 Å². The van der Waals surface area contributed by atoms with Crippen LogP contribution in [0.4, 0.5) is 0 Å². The van der Waals surface area contributed by atoms with Crippen molar-refractivity contribution in [1.29, 1.82) is 0 Å². The molecule has 8 atom stereocenters. The average molecular weight is 419 g/mol. The van der Waals surface area contributed by atoms with Crippen LogP contribution in [-0.4, -0.2) is 22.1 Å². The second-order valence-electron chi connectivity index (χ2n) is 11.2. The van der Waals surface area contributed by atoms with E-state index in [4.69, 9.17) is 0 Å². The summed E-state index contributed by atoms with van der Waals surface area (Å²) in [7, 11) is 0. The molecule has 0 aliphatic heterocycles. The van der Waals surface area contributed by atoms with E-state index >= 15 is 0 Å². The number of aliphatic hydroxyl groups is 1. The number of hydrogen-bond acceptors (Lipinski definition) is 3. The first kappa shape index (κ1) is 21.9. The maximum absolute atomic E-state index is 12.0. The summed E-state index contributed by atoms with van der Waals surface area (Å²) >= 11 is 1.50. The number of hydrogen-bond donors (Lipinski definition) is 1. The van der Waals surface area contributed by atoms with E-state index in [0.29, 0.717) is 21.9 Å². The number of rotatable bonds is 5. The maximum Gasteiger partial charge on any atom is 0.188 e. The van der Waals surface area contributed by atoms with Crippen LogP contribution in [0.3, 0.4) is 0 Å². The van der Waals surface area contributed by atoms with Crippen LogP contribution in [0.5, 0.6) is 0 Å². The molecule has 0 radical (unpaired) electrons. The zero-order chi connectivity index (χ0) is 20.8. The van der Waals surface area contributed by atoms with Crippen LogP contribution in [0.25, 0.3) is 0 Å². The van der Waals surface area contributed by atoms with E-state index in [0.717, 1.165) is 55.1 Å². The minimum atomic E-state index is -0.106. The highest BCUT2D eigenvalue weighted by atomic mass is 32.2. The van der Waals surface area contributed by atoms with Gasteiger partial charge in [0.2, 0.25) is 0 Å². The van der Waals surface area contributed by atoms with Crippen LogP contribution in [-0.2, 0) is 4.79 Å². The zero-order valence-electron chi connectivity index (χ0n) is 19.1. The van der Waals surface area contributed by atoms with Gasteiger partial charge in [-0.05, 0) is 104 Å². The summed E-state index contributed by atoms with van der Waals surface area (Å²) < 4.78 is 0. The predicted molar refractivity (Wildman–Crippen MR) is 123 cm³/mol. The van der Waals surface area contributed by atoms with Gasteiger partial charge in [-0.3, -0.25) is 4.79 Å². The fourth-order valence-corrected chi connectivity index (χ4v) is 8.98. The molecule has 0 heterocycles. The van der Waals surface area contributed by atoms with E-state index in [1.54, 1.807) is 5.57 Å². The van der Waals surface area contributed by atoms with Crippen molar-refractivity contribution in [3.63, 3.8) is 0 Å². The van der Waals surface area contributed by atoms with Crippen LogP contribution in [0.1, 0.15) is 91.9 Å². The Morgan fingerprint density at radius 2 is 2.00 bits per heavy atom. The Labute approximate surface area is 182 Å². The van der Waals surface area contributed by atoms with Crippen molar-refractivity contribution < 1.29 is 9.90 Å². The lowest BCUT2D eigenvalue weighted by atomic mass is 9.47. The highest BCUT2D eigenvalue weighted by Gasteiger charge is 2.59. The minimum absolute atomic E-state index is 0.106. The molecule has 4 aliphatic carbocycles. The largest absolute Gasteiger partial charge is 0.393 e. The Morgan fingerprint density at radius 3 is 2.76 bits per heavy atom. The van der Waals surface area contributed by atoms with Gasteiger partial charge < -0.3 is 5.11 Å². The summed E-state index contributed by atoms with van der Waals surface area (Å²) in [5, 5.41) is 10.6. The van der Waals surface area contributed by atoms with Gasteiger partial charge in [-0.25, -0.2) is 0 Å². The molecule has 2 nitrogen and oxygen atoms in total. The molecule has 3 fully saturated rings. The smallest absolute Gasteiger partial charge is 0.188 e. The number of carbonyl (C=O) groups excluding carboxylic acids is 1. The molecular weight excluding hydrogens is 376 g/mol. The summed E-state index contributed by atoms with van der Waals surface area (Å²) in [4.78, 5) is 12.0. The zero-order valence-corrected chi connectivity index (χ0v) is 19.9. The van der Waals surface area contributed by atoms with Gasteiger partial charge in [0.15, 0.2) is 5.12 Å². The van der Waals surface area contributed by atoms with Crippen molar-refractivity contribution in [2.75, 3.05) is 5.75 Å². The van der Waals surface area contributed by atoms with Crippen LogP contribution in [0, 0.1) is 40.4 Å². The fraction of sp³-hybridized carbons (Fsp3) is 0.885. The lowest BCUT2D eigenvalue weighted by Gasteiger charge is -2.58. The van der Waals surface area contributed by atoms with Crippen LogP contribution < -0.4 is 0 Å². The van der Waals surface area contributed by atoms with Gasteiger partial charge in [-0.15, -0.1) is 0 Å². The molecule has 4 aliphatic rings. The SMILES string of the molecule is CCSC(=O)CC[C@@H](C)[C@H]1CC[C@H]2[C@@H]3CC=C4C[C@@H](O)CC[C@]4(C)[C@H]3CC[C@]12C. The summed E-state index contributed by atoms with van der Waals surface area (Å²) in [6.07, 6.45) is 14.1. The Morgan fingerprint density at radius 1 is 1.21 bits per heavy atom. The topological polar surface area (TPSA) is 37.3 Å². The lowest BCUT2D eigenvalue weighted by molar-refractivity contribution is -0.111. The van der Waals surface area contributed by atoms with Crippen molar-refractivity contribution in [2.24, 2.45) is 40.4 Å². The molecule has 0 spiro atoms. The van der Waals surface area contributed by atoms with Gasteiger partial charge >= 0.3 is 0 Å². The number of carbonyl (C=O) groups is 1. The first-order valence-corrected chi connectivity index (χ1v) is 13.3. The molecule has 0 aromatic rings. The first-order chi connectivity index (χ1) is 13.8. The normalized spacial score (nSPS) is 45.0. The van der Waals surface area contributed by atoms with Crippen molar-refractivity contribution >= 4 is 16.9 Å². The third kappa shape index (κ3) is 3.77. The molecule has 0 amide bonds. The second-order valence-corrected chi connectivity index (χ2v) is 12.5. The third-order valence-electron chi connectivity index (χ3n) is 9.95. The van der Waals surface area contributed by atoms with E-state index in [-0.39, 0.29) is 6.10 Å². The molecule has 3 heteroatoms. The van der Waals surface area contributed by atoms with E-state index in [2.05, 4.69) is 33.8 Å². The second kappa shape index (κ2) is 8.34. The number of fused-ring (bicyclic) bond motifs is 5. The summed E-state index contributed by atoms with van der Waals surface area (Å²) in [6, 6.07) is 0. The van der Waals surface area contributed by atoms with Gasteiger partial charge in [0.05, 0.1) is 6.10 Å². The van der Waals surface area contributed by atoms with Crippen molar-refractivity contribution in [2.45, 2.75) is 98.0 Å². The predicted octanol–water partition coefficient (Wildman–Crippen LogP) is 6.62. The maximum atomic E-state index is 12.0. The van der Waals surface area contributed by atoms with Gasteiger partial charge in [0.1, 0.15) is 0 Å². The Kier molecular flexibility index (Phi) is 6.31. The quantitative estimate of drug-likeness (QED) is 0.510. The number of aliphatic hydroxyl groups excluding tert-OH is 1. The van der Waals surface area contributed by atoms with E-state index in [9.17, 15) is 9.90 Å². The van der Waals surface area contributed by atoms with Gasteiger partial charge in [-0.1, -0.05) is 51.1 Å². The highest BCUT2D eigenvalue weighted by molar-refractivity contribution is 8.13. The third-order valence-corrected chi connectivity index (χ3v) is 10.8. The van der Waals surface area contributed by atoms with Gasteiger partial charge in [0, 0.05) is 6.42 Å². The van der Waals surface area contributed by atoms with Crippen molar-refractivity contribution in [3.05, 3.63) is 11.6 Å². The average Bonchev–Trinajstić information content (AvgIpc) is 3.04. The minimum Gasteiger partial charge on any atom is -0.393 e. The molecule has 0 aromatic carbocycles. The monoisotopic (exact) mass is 418 g/mol. The van der Waals surface area contributed by atoms with Gasteiger partial charge in [0.25, 0.3) is 0 Å². The summed E-state index contributed by atoms with van der Waals surface area (Å²) in [5.41, 5.74) is 2.39. The standard InChI is InChI=1S/C26H42O2S/c1-5-29-24(28)11-6-17(2)21-9-10-22-20-8-7-18-16-19(27)12-14-25(18,3)23(20)13-15-26(21,22)4/h7,17,19-23,27H,5-6,8-16H2,1-4H3/t17-,19+,20+,21-,22+,23+,25+,26-/m1/s1. The van der Waals surface area contributed by atoms with Crippen molar-refractivity contribution in [1.82, 2.24) is 0 Å². The molecule has 0 unspecified atom stereocenters. The summed E-state index contributed by atoms with van der Waals surface area (Å²) in [5.74, 6) is 4.88. The highest BCUT2D eigenvalue weighted by Crippen LogP contribution is 2.67. The molecule has 0 saturated heterocycles. The summed E-state index contributed by atoms with van der Waals surface area (Å²) in [6.45, 7) is 9.63. The van der Waals surface area contributed by atoms with Gasteiger partial charge in [-0.2, -0.15) is 0 Å². The van der Waals surface area contributed by atoms with Crippen LogP contribution in [0.2, 0.25) is 0 Å². The fourth-order valence-electron chi connectivity index (χ4n) is 8.40. The van der Waals surface area contributed by atoms with E-state index in [1.807, 2.05) is 0 Å².